The molecule has 1 amide bonds. The van der Waals surface area contributed by atoms with Gasteiger partial charge in [-0.3, -0.25) is 14.5 Å². The Labute approximate surface area is 171 Å². The Bertz CT molecular complexity index is 954. The molecule has 1 aromatic carbocycles. The van der Waals surface area contributed by atoms with E-state index in [9.17, 15) is 9.59 Å². The van der Waals surface area contributed by atoms with Crippen molar-refractivity contribution in [3.8, 4) is 0 Å². The van der Waals surface area contributed by atoms with Crippen LogP contribution in [0, 0.1) is 11.8 Å². The second-order valence-electron chi connectivity index (χ2n) is 9.06. The predicted octanol–water partition coefficient (Wildman–Crippen LogP) is 3.07. The Morgan fingerprint density at radius 1 is 1.00 bits per heavy atom. The van der Waals surface area contributed by atoms with Crippen molar-refractivity contribution in [1.29, 1.82) is 0 Å². The minimum Gasteiger partial charge on any atom is -0.338 e. The number of amides is 1. The van der Waals surface area contributed by atoms with Crippen molar-refractivity contribution < 1.29 is 4.79 Å². The SMILES string of the molecule is Cn1cc(C(=O)N2C[C@@H]3C[C@H](C2)[C@@H]2CCC[C@H](c4ccccc4)N2C3)ccc1=O. The molecule has 29 heavy (non-hydrogen) atoms. The van der Waals surface area contributed by atoms with E-state index in [1.54, 1.807) is 19.3 Å². The summed E-state index contributed by atoms with van der Waals surface area (Å²) in [6.07, 6.45) is 6.65. The number of hydrogen-bond donors (Lipinski definition) is 0. The van der Waals surface area contributed by atoms with Gasteiger partial charge < -0.3 is 9.47 Å². The lowest BCUT2D eigenvalue weighted by Gasteiger charge is -2.55. The average Bonchev–Trinajstić information content (AvgIpc) is 2.75. The fourth-order valence-corrected chi connectivity index (χ4v) is 5.91. The predicted molar refractivity (Wildman–Crippen MR) is 113 cm³/mol. The summed E-state index contributed by atoms with van der Waals surface area (Å²) in [6, 6.07) is 15.2. The van der Waals surface area contributed by atoms with E-state index in [0.717, 1.165) is 19.6 Å². The van der Waals surface area contributed by atoms with Crippen LogP contribution in [0.4, 0.5) is 0 Å². The quantitative estimate of drug-likeness (QED) is 0.790. The Morgan fingerprint density at radius 2 is 1.83 bits per heavy atom. The number of pyridine rings is 1. The molecule has 4 atom stereocenters. The molecular formula is C24H29N3O2. The van der Waals surface area contributed by atoms with Crippen molar-refractivity contribution in [2.24, 2.45) is 18.9 Å². The molecule has 4 heterocycles. The normalized spacial score (nSPS) is 29.3. The number of carbonyl (C=O) groups excluding carboxylic acids is 1. The van der Waals surface area contributed by atoms with Gasteiger partial charge in [0.2, 0.25) is 5.56 Å². The first-order chi connectivity index (χ1) is 14.1. The Kier molecular flexibility index (Phi) is 4.78. The molecule has 0 radical (unpaired) electrons. The lowest BCUT2D eigenvalue weighted by molar-refractivity contribution is -0.0511. The summed E-state index contributed by atoms with van der Waals surface area (Å²) >= 11 is 0. The molecule has 1 aromatic heterocycles. The molecule has 0 unspecified atom stereocenters. The monoisotopic (exact) mass is 391 g/mol. The number of nitrogens with zero attached hydrogens (tertiary/aromatic N) is 3. The second-order valence-corrected chi connectivity index (χ2v) is 9.06. The van der Waals surface area contributed by atoms with Crippen molar-refractivity contribution in [2.75, 3.05) is 19.6 Å². The molecule has 0 saturated carbocycles. The van der Waals surface area contributed by atoms with Gasteiger partial charge in [-0.25, -0.2) is 0 Å². The first kappa shape index (κ1) is 18.6. The number of piperidine rings is 3. The Morgan fingerprint density at radius 3 is 2.62 bits per heavy atom. The van der Waals surface area contributed by atoms with E-state index in [2.05, 4.69) is 35.2 Å². The molecule has 3 fully saturated rings. The van der Waals surface area contributed by atoms with Crippen LogP contribution < -0.4 is 5.56 Å². The van der Waals surface area contributed by atoms with Gasteiger partial charge in [0.15, 0.2) is 0 Å². The molecular weight excluding hydrogens is 362 g/mol. The van der Waals surface area contributed by atoms with Crippen molar-refractivity contribution >= 4 is 5.91 Å². The van der Waals surface area contributed by atoms with E-state index in [0.29, 0.717) is 29.5 Å². The van der Waals surface area contributed by atoms with E-state index in [4.69, 9.17) is 0 Å². The highest BCUT2D eigenvalue weighted by Gasteiger charge is 2.45. The third-order valence-corrected chi connectivity index (χ3v) is 7.19. The summed E-state index contributed by atoms with van der Waals surface area (Å²) in [6.45, 7) is 2.74. The number of likely N-dealkylation sites (tertiary alicyclic amines) is 1. The van der Waals surface area contributed by atoms with Crippen LogP contribution in [0.1, 0.15) is 47.6 Å². The molecule has 5 heteroatoms. The molecule has 5 rings (SSSR count). The van der Waals surface area contributed by atoms with Gasteiger partial charge >= 0.3 is 0 Å². The number of hydrogen-bond acceptors (Lipinski definition) is 3. The van der Waals surface area contributed by atoms with Gasteiger partial charge in [-0.2, -0.15) is 0 Å². The van der Waals surface area contributed by atoms with Gasteiger partial charge in [-0.05, 0) is 49.1 Å². The fraction of sp³-hybridized carbons (Fsp3) is 0.500. The van der Waals surface area contributed by atoms with Gasteiger partial charge in [0.05, 0.1) is 5.56 Å². The van der Waals surface area contributed by atoms with Crippen molar-refractivity contribution in [1.82, 2.24) is 14.4 Å². The first-order valence-electron chi connectivity index (χ1n) is 10.9. The summed E-state index contributed by atoms with van der Waals surface area (Å²) < 4.78 is 1.49. The molecule has 152 valence electrons. The topological polar surface area (TPSA) is 45.6 Å². The van der Waals surface area contributed by atoms with E-state index in [-0.39, 0.29) is 11.5 Å². The number of rotatable bonds is 2. The highest BCUT2D eigenvalue weighted by molar-refractivity contribution is 5.94. The van der Waals surface area contributed by atoms with Crippen molar-refractivity contribution in [3.05, 3.63) is 70.1 Å². The molecule has 3 aliphatic rings. The highest BCUT2D eigenvalue weighted by Crippen LogP contribution is 2.44. The van der Waals surface area contributed by atoms with E-state index < -0.39 is 0 Å². The van der Waals surface area contributed by atoms with E-state index in [1.165, 1.54) is 41.9 Å². The maximum atomic E-state index is 13.1. The van der Waals surface area contributed by atoms with Crippen molar-refractivity contribution in [2.45, 2.75) is 37.8 Å². The van der Waals surface area contributed by atoms with E-state index >= 15 is 0 Å². The van der Waals surface area contributed by atoms with Crippen LogP contribution in [-0.4, -0.2) is 46.0 Å². The Balaban J connectivity index is 1.36. The molecule has 2 bridgehead atoms. The van der Waals surface area contributed by atoms with Crippen LogP contribution in [0.25, 0.3) is 0 Å². The minimum absolute atomic E-state index is 0.0687. The van der Waals surface area contributed by atoms with Crippen LogP contribution in [0.2, 0.25) is 0 Å². The molecule has 0 N–H and O–H groups in total. The average molecular weight is 392 g/mol. The van der Waals surface area contributed by atoms with Gasteiger partial charge in [0, 0.05) is 51.0 Å². The van der Waals surface area contributed by atoms with Crippen LogP contribution in [0.3, 0.4) is 0 Å². The number of aryl methyl sites for hydroxylation is 1. The molecule has 0 aliphatic carbocycles. The largest absolute Gasteiger partial charge is 0.338 e. The molecule has 2 aromatic rings. The summed E-state index contributed by atoms with van der Waals surface area (Å²) in [5.74, 6) is 1.15. The van der Waals surface area contributed by atoms with E-state index in [1.807, 2.05) is 4.90 Å². The lowest BCUT2D eigenvalue weighted by atomic mass is 9.74. The third kappa shape index (κ3) is 3.42. The number of benzene rings is 1. The standard InChI is InChI=1S/C24H29N3O2/c1-25-15-19(10-11-23(25)28)24(29)26-13-17-12-20(16-26)22-9-5-8-21(27(22)14-17)18-6-3-2-4-7-18/h2-4,6-7,10-11,15,17,20-22H,5,8-9,12-14,16H2,1H3/t17-,20+,21+,22-/m0/s1. The molecule has 0 spiro atoms. The zero-order chi connectivity index (χ0) is 20.0. The van der Waals surface area contributed by atoms with Gasteiger partial charge in [0.1, 0.15) is 0 Å². The second kappa shape index (κ2) is 7.45. The third-order valence-electron chi connectivity index (χ3n) is 7.19. The van der Waals surface area contributed by atoms with Crippen LogP contribution >= 0.6 is 0 Å². The molecule has 5 nitrogen and oxygen atoms in total. The summed E-state index contributed by atoms with van der Waals surface area (Å²) in [4.78, 5) is 29.6. The van der Waals surface area contributed by atoms with Crippen LogP contribution in [0.5, 0.6) is 0 Å². The maximum absolute atomic E-state index is 13.1. The smallest absolute Gasteiger partial charge is 0.255 e. The summed E-state index contributed by atoms with van der Waals surface area (Å²) in [7, 11) is 1.70. The number of aromatic nitrogens is 1. The van der Waals surface area contributed by atoms with Gasteiger partial charge in [-0.1, -0.05) is 30.3 Å². The summed E-state index contributed by atoms with van der Waals surface area (Å²) in [5.41, 5.74) is 1.98. The van der Waals surface area contributed by atoms with Crippen LogP contribution in [-0.2, 0) is 7.05 Å². The zero-order valence-electron chi connectivity index (χ0n) is 17.0. The minimum atomic E-state index is -0.0816. The van der Waals surface area contributed by atoms with Crippen molar-refractivity contribution in [3.63, 3.8) is 0 Å². The first-order valence-corrected chi connectivity index (χ1v) is 10.9. The maximum Gasteiger partial charge on any atom is 0.255 e. The van der Waals surface area contributed by atoms with Gasteiger partial charge in [-0.15, -0.1) is 0 Å². The fourth-order valence-electron chi connectivity index (χ4n) is 5.91. The molecule has 3 aliphatic heterocycles. The number of fused-ring (bicyclic) bond motifs is 4. The Hall–Kier alpha value is -2.40. The highest BCUT2D eigenvalue weighted by atomic mass is 16.2. The number of carbonyl (C=O) groups is 1. The van der Waals surface area contributed by atoms with Gasteiger partial charge in [0.25, 0.3) is 5.91 Å². The molecule has 3 saturated heterocycles. The lowest BCUT2D eigenvalue weighted by Crippen LogP contribution is -2.60. The summed E-state index contributed by atoms with van der Waals surface area (Å²) in [5, 5.41) is 0. The van der Waals surface area contributed by atoms with Crippen LogP contribution in [0.15, 0.2) is 53.5 Å². The zero-order valence-corrected chi connectivity index (χ0v) is 17.0.